The van der Waals surface area contributed by atoms with E-state index in [1.165, 1.54) is 11.3 Å². The third-order valence-corrected chi connectivity index (χ3v) is 6.89. The van der Waals surface area contributed by atoms with Crippen LogP contribution in [0.1, 0.15) is 18.0 Å². The highest BCUT2D eigenvalue weighted by Gasteiger charge is 2.31. The molecule has 4 aromatic rings. The largest absolute Gasteiger partial charge is 0.472 e. The first-order chi connectivity index (χ1) is 17.7. The van der Waals surface area contributed by atoms with Crippen molar-refractivity contribution < 1.29 is 9.25 Å². The predicted octanol–water partition coefficient (Wildman–Crippen LogP) is 5.12. The van der Waals surface area contributed by atoms with Crippen molar-refractivity contribution in [3.63, 3.8) is 0 Å². The van der Waals surface area contributed by atoms with E-state index in [1.807, 2.05) is 23.4 Å². The van der Waals surface area contributed by atoms with Gasteiger partial charge in [0, 0.05) is 61.3 Å². The van der Waals surface area contributed by atoms with Crippen molar-refractivity contribution in [2.75, 3.05) is 55.1 Å². The molecule has 184 valence electrons. The summed E-state index contributed by atoms with van der Waals surface area (Å²) >= 11 is 0. The number of aromatic nitrogens is 2. The number of nitrogens with one attached hydrogen (secondary N) is 1. The van der Waals surface area contributed by atoms with Gasteiger partial charge in [-0.1, -0.05) is 30.3 Å². The Morgan fingerprint density at radius 3 is 2.50 bits per heavy atom. The first-order valence-corrected chi connectivity index (χ1v) is 12.4. The van der Waals surface area contributed by atoms with Crippen LogP contribution in [0.3, 0.4) is 0 Å². The third-order valence-electron chi connectivity index (χ3n) is 6.89. The van der Waals surface area contributed by atoms with E-state index in [4.69, 9.17) is 14.2 Å². The van der Waals surface area contributed by atoms with Gasteiger partial charge in [-0.15, -0.1) is 0 Å². The van der Waals surface area contributed by atoms with E-state index in [-0.39, 0.29) is 6.04 Å². The number of hydroxylamine groups is 1. The third kappa shape index (κ3) is 4.65. The van der Waals surface area contributed by atoms with Crippen LogP contribution in [0, 0.1) is 0 Å². The number of rotatable bonds is 6. The maximum absolute atomic E-state index is 6.12. The van der Waals surface area contributed by atoms with Crippen molar-refractivity contribution in [3.05, 3.63) is 85.0 Å². The van der Waals surface area contributed by atoms with Crippen LogP contribution < -0.4 is 15.3 Å². The molecule has 2 saturated heterocycles. The fourth-order valence-corrected chi connectivity index (χ4v) is 4.83. The zero-order valence-corrected chi connectivity index (χ0v) is 20.4. The Labute approximate surface area is 211 Å². The summed E-state index contributed by atoms with van der Waals surface area (Å²) < 4.78 is 5.35. The molecule has 4 heterocycles. The van der Waals surface area contributed by atoms with Crippen molar-refractivity contribution in [2.45, 2.75) is 12.5 Å². The fraction of sp³-hybridized carbons (Fsp3) is 0.286. The van der Waals surface area contributed by atoms with Gasteiger partial charge in [-0.2, -0.15) is 4.98 Å². The predicted molar refractivity (Wildman–Crippen MR) is 141 cm³/mol. The van der Waals surface area contributed by atoms with Gasteiger partial charge in [0.1, 0.15) is 0 Å². The molecule has 0 unspecified atom stereocenters. The molecule has 6 rings (SSSR count). The zero-order chi connectivity index (χ0) is 24.3. The summed E-state index contributed by atoms with van der Waals surface area (Å²) in [6.07, 6.45) is 6.08. The highest BCUT2D eigenvalue weighted by atomic mass is 16.7. The van der Waals surface area contributed by atoms with Crippen LogP contribution in [-0.2, 0) is 4.84 Å². The summed E-state index contributed by atoms with van der Waals surface area (Å²) in [5.41, 5.74) is 5.15. The van der Waals surface area contributed by atoms with Crippen LogP contribution >= 0.6 is 0 Å². The summed E-state index contributed by atoms with van der Waals surface area (Å²) in [6.45, 7) is 4.89. The van der Waals surface area contributed by atoms with Crippen molar-refractivity contribution in [3.8, 4) is 11.1 Å². The summed E-state index contributed by atoms with van der Waals surface area (Å²) in [5.74, 6) is 1.24. The van der Waals surface area contributed by atoms with Gasteiger partial charge in [-0.05, 0) is 42.9 Å². The molecule has 2 aromatic heterocycles. The Morgan fingerprint density at radius 1 is 0.944 bits per heavy atom. The monoisotopic (exact) mass is 482 g/mol. The Hall–Kier alpha value is -3.88. The minimum atomic E-state index is 0.0717. The molecule has 2 aromatic carbocycles. The highest BCUT2D eigenvalue weighted by molar-refractivity contribution is 5.76. The van der Waals surface area contributed by atoms with Crippen LogP contribution in [-0.4, -0.2) is 54.7 Å². The molecular weight excluding hydrogens is 452 g/mol. The lowest BCUT2D eigenvalue weighted by Gasteiger charge is -2.34. The number of furan rings is 1. The second-order valence-electron chi connectivity index (χ2n) is 9.28. The summed E-state index contributed by atoms with van der Waals surface area (Å²) in [7, 11) is 2.17. The van der Waals surface area contributed by atoms with Crippen molar-refractivity contribution in [1.82, 2.24) is 14.9 Å². The summed E-state index contributed by atoms with van der Waals surface area (Å²) in [6, 6.07) is 20.9. The van der Waals surface area contributed by atoms with Gasteiger partial charge >= 0.3 is 0 Å². The second kappa shape index (κ2) is 10.0. The molecule has 0 aliphatic carbocycles. The molecule has 2 fully saturated rings. The van der Waals surface area contributed by atoms with E-state index in [9.17, 15) is 0 Å². The molecule has 0 radical (unpaired) electrons. The standard InChI is InChI=1S/C28H30N6O2/c1-32-13-15-33(16-14-32)24-9-7-23(8-10-24)30-28-29-19-25(22-11-17-35-20-22)27(31-28)34-26(12-18-36-34)21-5-3-2-4-6-21/h2-11,17,19-20,26H,12-16,18H2,1H3,(H,29,30,31)/t26-/m0/s1. The maximum Gasteiger partial charge on any atom is 0.229 e. The number of anilines is 4. The Bertz CT molecular complexity index is 1270. The van der Waals surface area contributed by atoms with E-state index in [0.717, 1.165) is 49.4 Å². The van der Waals surface area contributed by atoms with Gasteiger partial charge < -0.3 is 19.5 Å². The maximum atomic E-state index is 6.12. The number of nitrogens with zero attached hydrogens (tertiary/aromatic N) is 5. The van der Waals surface area contributed by atoms with E-state index in [2.05, 4.69) is 75.7 Å². The number of hydrogen-bond donors (Lipinski definition) is 1. The Balaban J connectivity index is 1.27. The molecule has 36 heavy (non-hydrogen) atoms. The van der Waals surface area contributed by atoms with E-state index in [1.54, 1.807) is 12.5 Å². The number of likely N-dealkylation sites (N-methyl/N-ethyl adjacent to an activating group) is 1. The van der Waals surface area contributed by atoms with Crippen LogP contribution in [0.15, 0.2) is 83.8 Å². The number of piperazine rings is 1. The number of benzene rings is 2. The van der Waals surface area contributed by atoms with Gasteiger partial charge in [0.2, 0.25) is 5.95 Å². The Morgan fingerprint density at radius 2 is 1.75 bits per heavy atom. The molecule has 8 heteroatoms. The first-order valence-electron chi connectivity index (χ1n) is 12.4. The van der Waals surface area contributed by atoms with Crippen molar-refractivity contribution >= 4 is 23.1 Å². The van der Waals surface area contributed by atoms with Crippen molar-refractivity contribution in [2.24, 2.45) is 0 Å². The quantitative estimate of drug-likeness (QED) is 0.406. The first kappa shape index (κ1) is 22.6. The minimum absolute atomic E-state index is 0.0717. The lowest BCUT2D eigenvalue weighted by molar-refractivity contribution is 0.157. The molecule has 0 spiro atoms. The molecular formula is C28H30N6O2. The molecule has 8 nitrogen and oxygen atoms in total. The molecule has 0 bridgehead atoms. The molecule has 0 saturated carbocycles. The number of hydrogen-bond acceptors (Lipinski definition) is 8. The molecule has 2 aliphatic rings. The molecule has 1 atom stereocenters. The van der Waals surface area contributed by atoms with E-state index >= 15 is 0 Å². The smallest absolute Gasteiger partial charge is 0.229 e. The van der Waals surface area contributed by atoms with Crippen molar-refractivity contribution in [1.29, 1.82) is 0 Å². The lowest BCUT2D eigenvalue weighted by atomic mass is 10.0. The molecule has 2 aliphatic heterocycles. The van der Waals surface area contributed by atoms with Crippen LogP contribution in [0.4, 0.5) is 23.1 Å². The van der Waals surface area contributed by atoms with Gasteiger partial charge in [0.05, 0.1) is 25.2 Å². The average Bonchev–Trinajstić information content (AvgIpc) is 3.63. The summed E-state index contributed by atoms with van der Waals surface area (Å²) in [5, 5.41) is 5.30. The SMILES string of the molecule is CN1CCN(c2ccc(Nc3ncc(-c4ccoc4)c(N4OCC[C@H]4c4ccccc4)n3)cc2)CC1. The van der Waals surface area contributed by atoms with E-state index in [0.29, 0.717) is 18.4 Å². The molecule has 1 N–H and O–H groups in total. The average molecular weight is 483 g/mol. The van der Waals surface area contributed by atoms with Gasteiger partial charge in [-0.3, -0.25) is 4.84 Å². The van der Waals surface area contributed by atoms with Crippen LogP contribution in [0.25, 0.3) is 11.1 Å². The highest BCUT2D eigenvalue weighted by Crippen LogP contribution is 2.39. The van der Waals surface area contributed by atoms with Gasteiger partial charge in [0.25, 0.3) is 0 Å². The summed E-state index contributed by atoms with van der Waals surface area (Å²) in [4.78, 5) is 20.4. The Kier molecular flexibility index (Phi) is 6.27. The van der Waals surface area contributed by atoms with Gasteiger partial charge in [0.15, 0.2) is 5.82 Å². The lowest BCUT2D eigenvalue weighted by Crippen LogP contribution is -2.44. The minimum Gasteiger partial charge on any atom is -0.472 e. The van der Waals surface area contributed by atoms with E-state index < -0.39 is 0 Å². The second-order valence-corrected chi connectivity index (χ2v) is 9.28. The van der Waals surface area contributed by atoms with Crippen LogP contribution in [0.2, 0.25) is 0 Å². The zero-order valence-electron chi connectivity index (χ0n) is 20.4. The van der Waals surface area contributed by atoms with Gasteiger partial charge in [-0.25, -0.2) is 10.0 Å². The normalized spacial score (nSPS) is 18.5. The fourth-order valence-electron chi connectivity index (χ4n) is 4.83. The molecule has 0 amide bonds. The van der Waals surface area contributed by atoms with Crippen LogP contribution in [0.5, 0.6) is 0 Å². The topological polar surface area (TPSA) is 69.9 Å².